The molecule has 1 unspecified atom stereocenters. The molecule has 1 atom stereocenters. The molecule has 4 rings (SSSR count). The number of nitrogens with one attached hydrogen (secondary N) is 3. The van der Waals surface area contributed by atoms with E-state index in [9.17, 15) is 32.3 Å². The highest BCUT2D eigenvalue weighted by molar-refractivity contribution is 9.10. The molecule has 14 heteroatoms. The van der Waals surface area contributed by atoms with Crippen LogP contribution in [0.15, 0.2) is 45.7 Å². The number of piperidine rings is 1. The lowest BCUT2D eigenvalue weighted by atomic mass is 10.1. The lowest BCUT2D eigenvalue weighted by Crippen LogP contribution is -2.45. The Labute approximate surface area is 203 Å². The van der Waals surface area contributed by atoms with Crippen molar-refractivity contribution in [1.82, 2.24) is 25.6 Å². The minimum atomic E-state index is -4.59. The number of anilines is 1. The molecule has 1 saturated heterocycles. The molecule has 0 spiro atoms. The molecule has 1 aliphatic heterocycles. The number of halogens is 4. The monoisotopic (exact) mass is 552 g/mol. The number of nitrogens with zero attached hydrogens (tertiary/aromatic N) is 3. The summed E-state index contributed by atoms with van der Waals surface area (Å²) in [5, 5.41) is 15.0. The number of imide groups is 1. The third kappa shape index (κ3) is 5.31. The number of urea groups is 1. The third-order valence-electron chi connectivity index (χ3n) is 5.24. The molecule has 0 radical (unpaired) electrons. The fourth-order valence-corrected chi connectivity index (χ4v) is 3.98. The second-order valence-electron chi connectivity index (χ2n) is 7.66. The van der Waals surface area contributed by atoms with Crippen LogP contribution < -0.4 is 21.5 Å². The molecule has 10 nitrogen and oxygen atoms in total. The van der Waals surface area contributed by atoms with Gasteiger partial charge in [0, 0.05) is 23.1 Å². The lowest BCUT2D eigenvalue weighted by Gasteiger charge is -2.21. The Morgan fingerprint density at radius 1 is 1.17 bits per heavy atom. The van der Waals surface area contributed by atoms with Crippen LogP contribution >= 0.6 is 15.9 Å². The van der Waals surface area contributed by atoms with E-state index in [2.05, 4.69) is 42.2 Å². The molecule has 2 aromatic carbocycles. The van der Waals surface area contributed by atoms with Gasteiger partial charge < -0.3 is 10.6 Å². The van der Waals surface area contributed by atoms with E-state index in [4.69, 9.17) is 0 Å². The summed E-state index contributed by atoms with van der Waals surface area (Å²) >= 11 is 2.83. The molecule has 1 aliphatic rings. The average molecular weight is 553 g/mol. The summed E-state index contributed by atoms with van der Waals surface area (Å²) in [6.45, 7) is -0.0116. The van der Waals surface area contributed by atoms with E-state index in [1.165, 1.54) is 24.3 Å². The molecule has 3 aromatic rings. The first-order valence-corrected chi connectivity index (χ1v) is 11.0. The van der Waals surface area contributed by atoms with Crippen molar-refractivity contribution in [3.05, 3.63) is 62.4 Å². The topological polar surface area (TPSA) is 135 Å². The summed E-state index contributed by atoms with van der Waals surface area (Å²) in [5.41, 5.74) is -0.756. The number of amides is 4. The van der Waals surface area contributed by atoms with Gasteiger partial charge >= 0.3 is 12.2 Å². The Kier molecular flexibility index (Phi) is 6.56. The third-order valence-corrected chi connectivity index (χ3v) is 5.93. The number of hydrogen-bond donors (Lipinski definition) is 3. The minimum Gasteiger partial charge on any atom is -0.334 e. The quantitative estimate of drug-likeness (QED) is 0.426. The van der Waals surface area contributed by atoms with Crippen LogP contribution in [0.3, 0.4) is 0 Å². The number of aromatic nitrogens is 3. The molecular weight excluding hydrogens is 537 g/mol. The van der Waals surface area contributed by atoms with Gasteiger partial charge in [-0.15, -0.1) is 5.10 Å². The Morgan fingerprint density at radius 2 is 1.94 bits per heavy atom. The zero-order valence-electron chi connectivity index (χ0n) is 17.6. The van der Waals surface area contributed by atoms with Crippen LogP contribution in [-0.2, 0) is 22.3 Å². The van der Waals surface area contributed by atoms with Crippen LogP contribution in [-0.4, -0.2) is 32.8 Å². The van der Waals surface area contributed by atoms with Gasteiger partial charge in [0.15, 0.2) is 0 Å². The normalized spacial score (nSPS) is 16.2. The summed E-state index contributed by atoms with van der Waals surface area (Å²) in [6.07, 6.45) is -4.38. The van der Waals surface area contributed by atoms with E-state index >= 15 is 0 Å². The van der Waals surface area contributed by atoms with Crippen molar-refractivity contribution in [2.24, 2.45) is 0 Å². The van der Waals surface area contributed by atoms with Gasteiger partial charge in [-0.25, -0.2) is 4.79 Å². The summed E-state index contributed by atoms with van der Waals surface area (Å²) in [5.74, 6) is -1.05. The maximum Gasteiger partial charge on any atom is 0.417 e. The summed E-state index contributed by atoms with van der Waals surface area (Å²) in [6, 6.07) is 6.16. The maximum atomic E-state index is 13.0. The molecular formula is C21H16BrF3N6O4. The van der Waals surface area contributed by atoms with Crippen LogP contribution in [0.2, 0.25) is 0 Å². The van der Waals surface area contributed by atoms with Gasteiger partial charge in [0.25, 0.3) is 11.5 Å². The number of fused-ring (bicyclic) bond motifs is 1. The first-order chi connectivity index (χ1) is 16.5. The number of carbonyl (C=O) groups is 3. The van der Waals surface area contributed by atoms with E-state index in [1.807, 2.05) is 0 Å². The summed E-state index contributed by atoms with van der Waals surface area (Å²) in [4.78, 5) is 48.3. The van der Waals surface area contributed by atoms with Gasteiger partial charge in [0.05, 0.1) is 10.9 Å². The van der Waals surface area contributed by atoms with Crippen LogP contribution in [0.4, 0.5) is 23.7 Å². The van der Waals surface area contributed by atoms with Crippen LogP contribution in [0.25, 0.3) is 10.9 Å². The highest BCUT2D eigenvalue weighted by atomic mass is 79.9. The number of benzene rings is 2. The van der Waals surface area contributed by atoms with Crippen molar-refractivity contribution in [2.75, 3.05) is 5.32 Å². The van der Waals surface area contributed by atoms with E-state index in [0.29, 0.717) is 5.56 Å². The lowest BCUT2D eigenvalue weighted by molar-refractivity contribution is -0.138. The summed E-state index contributed by atoms with van der Waals surface area (Å²) in [7, 11) is 0. The second kappa shape index (κ2) is 9.44. The highest BCUT2D eigenvalue weighted by Crippen LogP contribution is 2.36. The van der Waals surface area contributed by atoms with Crippen molar-refractivity contribution in [1.29, 1.82) is 0 Å². The van der Waals surface area contributed by atoms with Crippen LogP contribution in [0.1, 0.15) is 30.0 Å². The fraction of sp³-hybridized carbons (Fsp3) is 0.238. The van der Waals surface area contributed by atoms with Gasteiger partial charge in [-0.3, -0.25) is 19.7 Å². The average Bonchev–Trinajstić information content (AvgIpc) is 2.79. The predicted octanol–water partition coefficient (Wildman–Crippen LogP) is 2.87. The van der Waals surface area contributed by atoms with E-state index < -0.39 is 41.2 Å². The standard InChI is InChI=1S/C21H16BrF3N6O4/c22-14-4-2-11(8-13(14)21(23,24)25)27-20(35)26-9-10-1-3-12-15(7-10)29-30-31(19(12)34)16-5-6-17(32)28-18(16)33/h1-4,7-8,16H,5-6,9H2,(H2,26,27,35)(H,28,32,33). The van der Waals surface area contributed by atoms with E-state index in [1.54, 1.807) is 6.07 Å². The van der Waals surface area contributed by atoms with Gasteiger partial charge in [0.1, 0.15) is 11.6 Å². The minimum absolute atomic E-state index is 0.0116. The van der Waals surface area contributed by atoms with Crippen molar-refractivity contribution in [3.63, 3.8) is 0 Å². The molecule has 2 heterocycles. The first-order valence-electron chi connectivity index (χ1n) is 10.2. The van der Waals surface area contributed by atoms with E-state index in [-0.39, 0.29) is 40.4 Å². The highest BCUT2D eigenvalue weighted by Gasteiger charge is 2.33. The number of hydrogen-bond acceptors (Lipinski definition) is 6. The van der Waals surface area contributed by atoms with Gasteiger partial charge in [-0.05, 0) is 42.3 Å². The number of carbonyl (C=O) groups excluding carboxylic acids is 3. The molecule has 182 valence electrons. The Hall–Kier alpha value is -3.81. The smallest absolute Gasteiger partial charge is 0.334 e. The molecule has 3 N–H and O–H groups in total. The zero-order chi connectivity index (χ0) is 25.3. The molecule has 4 amide bonds. The largest absolute Gasteiger partial charge is 0.417 e. The van der Waals surface area contributed by atoms with Gasteiger partial charge in [0.2, 0.25) is 5.91 Å². The first kappa shape index (κ1) is 24.3. The Bertz CT molecular complexity index is 1410. The Morgan fingerprint density at radius 3 is 2.66 bits per heavy atom. The second-order valence-corrected chi connectivity index (χ2v) is 8.51. The molecule has 35 heavy (non-hydrogen) atoms. The molecule has 0 aliphatic carbocycles. The van der Waals surface area contributed by atoms with Crippen LogP contribution in [0, 0.1) is 0 Å². The van der Waals surface area contributed by atoms with E-state index in [0.717, 1.165) is 10.7 Å². The van der Waals surface area contributed by atoms with Crippen LogP contribution in [0.5, 0.6) is 0 Å². The van der Waals surface area contributed by atoms with Crippen molar-refractivity contribution >= 4 is 50.4 Å². The van der Waals surface area contributed by atoms with Crippen molar-refractivity contribution in [2.45, 2.75) is 31.6 Å². The number of alkyl halides is 3. The molecule has 1 aromatic heterocycles. The van der Waals surface area contributed by atoms with Crippen molar-refractivity contribution < 1.29 is 27.6 Å². The summed E-state index contributed by atoms with van der Waals surface area (Å²) < 4.78 is 39.9. The molecule has 1 fully saturated rings. The van der Waals surface area contributed by atoms with Crippen molar-refractivity contribution in [3.8, 4) is 0 Å². The Balaban J connectivity index is 1.45. The molecule has 0 bridgehead atoms. The maximum absolute atomic E-state index is 13.0. The molecule has 0 saturated carbocycles. The van der Waals surface area contributed by atoms with Gasteiger partial charge in [-0.2, -0.15) is 17.9 Å². The number of rotatable bonds is 4. The predicted molar refractivity (Wildman–Crippen MR) is 120 cm³/mol. The zero-order valence-corrected chi connectivity index (χ0v) is 19.2. The fourth-order valence-electron chi connectivity index (χ4n) is 3.51. The SMILES string of the molecule is O=C1CCC(n2nnc3cc(CNC(=O)Nc4ccc(Br)c(C(F)(F)F)c4)ccc3c2=O)C(=O)N1. The van der Waals surface area contributed by atoms with Gasteiger partial charge in [-0.1, -0.05) is 27.2 Å².